The van der Waals surface area contributed by atoms with Gasteiger partial charge in [0.2, 0.25) is 0 Å². The Hall–Kier alpha value is -2.19. The summed E-state index contributed by atoms with van der Waals surface area (Å²) < 4.78 is 0. The fourth-order valence-corrected chi connectivity index (χ4v) is 3.86. The molecule has 2 aromatic rings. The Kier molecular flexibility index (Phi) is 4.08. The van der Waals surface area contributed by atoms with E-state index in [1.807, 2.05) is 5.38 Å². The van der Waals surface area contributed by atoms with Crippen LogP contribution >= 0.6 is 11.3 Å². The van der Waals surface area contributed by atoms with E-state index in [-0.39, 0.29) is 0 Å². The van der Waals surface area contributed by atoms with Crippen LogP contribution in [0, 0.1) is 0 Å². The lowest BCUT2D eigenvalue weighted by molar-refractivity contribution is 0.963. The fraction of sp³-hybridized carbons (Fsp3) is 0.190. The highest BCUT2D eigenvalue weighted by Gasteiger charge is 2.16. The summed E-state index contributed by atoms with van der Waals surface area (Å²) in [5.74, 6) is 0. The molecule has 0 atom stereocenters. The molecule has 0 saturated heterocycles. The van der Waals surface area contributed by atoms with E-state index in [1.54, 1.807) is 34.2 Å². The molecule has 1 aromatic carbocycles. The van der Waals surface area contributed by atoms with Crippen molar-refractivity contribution in [3.8, 4) is 0 Å². The van der Waals surface area contributed by atoms with Gasteiger partial charge in [0.05, 0.1) is 5.51 Å². The lowest BCUT2D eigenvalue weighted by Gasteiger charge is -2.21. The largest absolute Gasteiger partial charge is 0.253 e. The third-order valence-electron chi connectivity index (χ3n) is 4.60. The van der Waals surface area contributed by atoms with Crippen LogP contribution in [-0.4, -0.2) is 4.98 Å². The molecular weight excluding hydrogens is 298 g/mol. The molecule has 114 valence electrons. The van der Waals surface area contributed by atoms with Crippen molar-refractivity contribution in [2.45, 2.75) is 25.7 Å². The molecule has 3 aliphatic rings. The molecular formula is C21H19NS. The Bertz CT molecular complexity index is 894. The van der Waals surface area contributed by atoms with Gasteiger partial charge in [-0.1, -0.05) is 48.6 Å². The number of fused-ring (bicyclic) bond motifs is 4. The van der Waals surface area contributed by atoms with E-state index in [1.165, 1.54) is 34.4 Å². The number of rotatable bonds is 0. The lowest BCUT2D eigenvalue weighted by Crippen LogP contribution is -2.26. The molecule has 0 fully saturated rings. The topological polar surface area (TPSA) is 12.9 Å². The predicted octanol–water partition coefficient (Wildman–Crippen LogP) is 3.71. The van der Waals surface area contributed by atoms with E-state index in [0.717, 1.165) is 12.8 Å². The smallest absolute Gasteiger partial charge is 0.0791 e. The fourth-order valence-electron chi connectivity index (χ4n) is 3.51. The van der Waals surface area contributed by atoms with Crippen LogP contribution in [0.4, 0.5) is 0 Å². The van der Waals surface area contributed by atoms with Crippen LogP contribution in [0.15, 0.2) is 65.2 Å². The van der Waals surface area contributed by atoms with Crippen molar-refractivity contribution in [1.29, 1.82) is 0 Å². The zero-order valence-electron chi connectivity index (χ0n) is 13.0. The van der Waals surface area contributed by atoms with Gasteiger partial charge >= 0.3 is 0 Å². The van der Waals surface area contributed by atoms with Crippen LogP contribution in [0.2, 0.25) is 0 Å². The minimum atomic E-state index is 1.09. The van der Waals surface area contributed by atoms with Crippen LogP contribution in [0.3, 0.4) is 0 Å². The number of nitrogens with zero attached hydrogens (tertiary/aromatic N) is 1. The maximum absolute atomic E-state index is 3.74. The molecule has 0 radical (unpaired) electrons. The molecule has 5 rings (SSSR count). The average Bonchev–Trinajstić information content (AvgIpc) is 3.21. The van der Waals surface area contributed by atoms with Gasteiger partial charge in [-0.2, -0.15) is 0 Å². The molecule has 0 saturated carbocycles. The first-order chi connectivity index (χ1) is 11.4. The molecule has 0 aliphatic heterocycles. The summed E-state index contributed by atoms with van der Waals surface area (Å²) in [5.41, 5.74) is 7.91. The minimum Gasteiger partial charge on any atom is -0.253 e. The molecule has 23 heavy (non-hydrogen) atoms. The lowest BCUT2D eigenvalue weighted by atomic mass is 9.83. The van der Waals surface area contributed by atoms with Gasteiger partial charge in [-0.05, 0) is 58.4 Å². The Morgan fingerprint density at radius 2 is 2.04 bits per heavy atom. The Labute approximate surface area is 140 Å². The van der Waals surface area contributed by atoms with E-state index < -0.39 is 0 Å². The normalized spacial score (nSPS) is 17.0. The molecule has 0 N–H and O–H groups in total. The number of thiazole rings is 1. The number of aromatic nitrogens is 1. The second-order valence-corrected chi connectivity index (χ2v) is 6.68. The summed E-state index contributed by atoms with van der Waals surface area (Å²) in [6, 6.07) is 4.61. The van der Waals surface area contributed by atoms with Crippen molar-refractivity contribution in [2.75, 3.05) is 0 Å². The minimum absolute atomic E-state index is 1.09. The summed E-state index contributed by atoms with van der Waals surface area (Å²) in [5, 5.41) is 4.82. The van der Waals surface area contributed by atoms with Crippen molar-refractivity contribution in [3.05, 3.63) is 86.7 Å². The predicted molar refractivity (Wildman–Crippen MR) is 98.7 cm³/mol. The second-order valence-electron chi connectivity index (χ2n) is 5.92. The SMILES string of the molecule is C1=CCc2c3c(ccc2=C1)=C1C=CCCC1=CC3.c1cscn1. The molecule has 1 nitrogen and oxygen atoms in total. The van der Waals surface area contributed by atoms with Gasteiger partial charge in [-0.25, -0.2) is 0 Å². The van der Waals surface area contributed by atoms with E-state index >= 15 is 0 Å². The molecule has 0 spiro atoms. The van der Waals surface area contributed by atoms with Crippen molar-refractivity contribution >= 4 is 23.0 Å². The number of hydrogen-bond donors (Lipinski definition) is 0. The second kappa shape index (κ2) is 6.51. The third-order valence-corrected chi connectivity index (χ3v) is 5.12. The monoisotopic (exact) mass is 317 g/mol. The summed E-state index contributed by atoms with van der Waals surface area (Å²) in [6.07, 6.45) is 20.2. The highest BCUT2D eigenvalue weighted by atomic mass is 32.1. The summed E-state index contributed by atoms with van der Waals surface area (Å²) in [6.45, 7) is 0. The third kappa shape index (κ3) is 2.87. The van der Waals surface area contributed by atoms with Crippen molar-refractivity contribution in [2.24, 2.45) is 0 Å². The van der Waals surface area contributed by atoms with Crippen LogP contribution in [0.5, 0.6) is 0 Å². The van der Waals surface area contributed by atoms with Crippen molar-refractivity contribution in [3.63, 3.8) is 0 Å². The van der Waals surface area contributed by atoms with Crippen LogP contribution in [0.1, 0.15) is 24.0 Å². The van der Waals surface area contributed by atoms with E-state index in [4.69, 9.17) is 0 Å². The number of allylic oxidation sites excluding steroid dienone is 6. The molecule has 2 heteroatoms. The van der Waals surface area contributed by atoms with E-state index in [2.05, 4.69) is 53.6 Å². The van der Waals surface area contributed by atoms with Gasteiger partial charge in [0.15, 0.2) is 0 Å². The van der Waals surface area contributed by atoms with Crippen molar-refractivity contribution in [1.82, 2.24) is 4.98 Å². The van der Waals surface area contributed by atoms with Gasteiger partial charge < -0.3 is 0 Å². The molecule has 3 aliphatic carbocycles. The van der Waals surface area contributed by atoms with Gasteiger partial charge in [0.25, 0.3) is 0 Å². The highest BCUT2D eigenvalue weighted by molar-refractivity contribution is 7.07. The maximum Gasteiger partial charge on any atom is 0.0791 e. The van der Waals surface area contributed by atoms with Crippen LogP contribution in [-0.2, 0) is 12.8 Å². The summed E-state index contributed by atoms with van der Waals surface area (Å²) in [4.78, 5) is 3.74. The first-order valence-electron chi connectivity index (χ1n) is 8.13. The molecule has 1 heterocycles. The molecule has 0 bridgehead atoms. The Morgan fingerprint density at radius 1 is 1.04 bits per heavy atom. The Balaban J connectivity index is 0.000000233. The zero-order valence-corrected chi connectivity index (χ0v) is 13.9. The van der Waals surface area contributed by atoms with Crippen molar-refractivity contribution < 1.29 is 0 Å². The number of benzene rings is 1. The number of hydrogen-bond acceptors (Lipinski definition) is 2. The summed E-state index contributed by atoms with van der Waals surface area (Å²) >= 11 is 1.60. The van der Waals surface area contributed by atoms with Crippen LogP contribution < -0.4 is 10.4 Å². The average molecular weight is 317 g/mol. The summed E-state index contributed by atoms with van der Waals surface area (Å²) in [7, 11) is 0. The highest BCUT2D eigenvalue weighted by Crippen LogP contribution is 2.27. The maximum atomic E-state index is 3.74. The standard InChI is InChI=1S/C18H16.C3H3NS/c1-3-7-15-13(5-1)9-11-18-16-8-4-2-6-14(16)10-12-17(15)18;1-2-5-3-4-1/h1,3-5,8-11H,2,6-7,12H2;1-3H. The zero-order chi connectivity index (χ0) is 15.5. The molecule has 0 amide bonds. The van der Waals surface area contributed by atoms with E-state index in [9.17, 15) is 0 Å². The van der Waals surface area contributed by atoms with Gasteiger partial charge in [-0.3, -0.25) is 4.98 Å². The van der Waals surface area contributed by atoms with Gasteiger partial charge in [0.1, 0.15) is 0 Å². The van der Waals surface area contributed by atoms with Gasteiger partial charge in [-0.15, -0.1) is 11.3 Å². The van der Waals surface area contributed by atoms with Crippen LogP contribution in [0.25, 0.3) is 11.6 Å². The van der Waals surface area contributed by atoms with Gasteiger partial charge in [0, 0.05) is 11.6 Å². The molecule has 1 aromatic heterocycles. The Morgan fingerprint density at radius 3 is 2.87 bits per heavy atom. The molecule has 0 unspecified atom stereocenters. The van der Waals surface area contributed by atoms with E-state index in [0.29, 0.717) is 0 Å². The first kappa shape index (κ1) is 14.4. The quantitative estimate of drug-likeness (QED) is 0.722. The first-order valence-corrected chi connectivity index (χ1v) is 9.08.